The first-order valence-electron chi connectivity index (χ1n) is 9.12. The van der Waals surface area contributed by atoms with Crippen LogP contribution in [0.15, 0.2) is 24.3 Å². The van der Waals surface area contributed by atoms with Crippen LogP contribution in [-0.4, -0.2) is 67.8 Å². The molecule has 3 rings (SSSR count). The summed E-state index contributed by atoms with van der Waals surface area (Å²) in [4.78, 5) is 16.5. The summed E-state index contributed by atoms with van der Waals surface area (Å²) in [5.74, 6) is 1.78. The number of tetrazole rings is 1. The zero-order valence-electron chi connectivity index (χ0n) is 15.7. The lowest BCUT2D eigenvalue weighted by Gasteiger charge is -2.34. The summed E-state index contributed by atoms with van der Waals surface area (Å²) in [5.41, 5.74) is 0.704. The molecule has 1 fully saturated rings. The van der Waals surface area contributed by atoms with Crippen LogP contribution in [0.3, 0.4) is 0 Å². The molecule has 1 amide bonds. The average Bonchev–Trinajstić information content (AvgIpc) is 3.13. The van der Waals surface area contributed by atoms with Crippen LogP contribution >= 0.6 is 11.8 Å². The van der Waals surface area contributed by atoms with Crippen molar-refractivity contribution in [2.45, 2.75) is 32.2 Å². The van der Waals surface area contributed by atoms with Gasteiger partial charge in [-0.05, 0) is 30.3 Å². The first-order valence-corrected chi connectivity index (χ1v) is 10.3. The highest BCUT2D eigenvalue weighted by atomic mass is 32.2. The fourth-order valence-electron chi connectivity index (χ4n) is 3.05. The van der Waals surface area contributed by atoms with E-state index in [9.17, 15) is 9.18 Å². The van der Waals surface area contributed by atoms with Gasteiger partial charge in [0.2, 0.25) is 5.91 Å². The molecule has 1 aliphatic rings. The Morgan fingerprint density at radius 2 is 1.96 bits per heavy atom. The van der Waals surface area contributed by atoms with Crippen molar-refractivity contribution < 1.29 is 9.18 Å². The highest BCUT2D eigenvalue weighted by Gasteiger charge is 2.22. The smallest absolute Gasteiger partial charge is 0.232 e. The van der Waals surface area contributed by atoms with E-state index in [4.69, 9.17) is 0 Å². The highest BCUT2D eigenvalue weighted by Crippen LogP contribution is 2.15. The van der Waals surface area contributed by atoms with Crippen molar-refractivity contribution in [1.82, 2.24) is 30.0 Å². The lowest BCUT2D eigenvalue weighted by molar-refractivity contribution is -0.130. The van der Waals surface area contributed by atoms with Gasteiger partial charge >= 0.3 is 0 Å². The molecule has 2 heterocycles. The molecule has 1 aromatic heterocycles. The molecule has 0 N–H and O–H groups in total. The van der Waals surface area contributed by atoms with Crippen molar-refractivity contribution in [3.63, 3.8) is 0 Å². The van der Waals surface area contributed by atoms with E-state index >= 15 is 0 Å². The number of aromatic nitrogens is 4. The Morgan fingerprint density at radius 3 is 2.67 bits per heavy atom. The first-order chi connectivity index (χ1) is 13.0. The van der Waals surface area contributed by atoms with Gasteiger partial charge in [-0.25, -0.2) is 9.07 Å². The van der Waals surface area contributed by atoms with E-state index in [0.717, 1.165) is 18.9 Å². The van der Waals surface area contributed by atoms with Gasteiger partial charge in [-0.3, -0.25) is 9.69 Å². The molecular weight excluding hydrogens is 367 g/mol. The minimum atomic E-state index is -0.170. The van der Waals surface area contributed by atoms with Crippen molar-refractivity contribution in [1.29, 1.82) is 0 Å². The number of halogens is 1. The van der Waals surface area contributed by atoms with Gasteiger partial charge in [0, 0.05) is 38.3 Å². The number of hydrogen-bond acceptors (Lipinski definition) is 6. The van der Waals surface area contributed by atoms with Crippen LogP contribution in [0.2, 0.25) is 0 Å². The molecule has 0 unspecified atom stereocenters. The molecule has 146 valence electrons. The third-order valence-corrected chi connectivity index (χ3v) is 5.50. The molecule has 1 aliphatic heterocycles. The van der Waals surface area contributed by atoms with Crippen LogP contribution in [0.1, 0.15) is 31.3 Å². The molecule has 27 heavy (non-hydrogen) atoms. The number of benzene rings is 1. The second-order valence-corrected chi connectivity index (χ2v) is 7.86. The fourth-order valence-corrected chi connectivity index (χ4v) is 3.88. The summed E-state index contributed by atoms with van der Waals surface area (Å²) in [6.45, 7) is 7.51. The second-order valence-electron chi connectivity index (χ2n) is 6.87. The van der Waals surface area contributed by atoms with Crippen LogP contribution in [0.4, 0.5) is 4.39 Å². The summed E-state index contributed by atoms with van der Waals surface area (Å²) in [6, 6.07) is 7.06. The van der Waals surface area contributed by atoms with E-state index in [-0.39, 0.29) is 17.8 Å². The Labute approximate surface area is 162 Å². The fraction of sp³-hybridized carbons (Fsp3) is 0.556. The molecule has 1 saturated heterocycles. The molecule has 9 heteroatoms. The van der Waals surface area contributed by atoms with Gasteiger partial charge in [0.05, 0.1) is 17.5 Å². The zero-order valence-corrected chi connectivity index (χ0v) is 16.5. The number of carbonyl (C=O) groups is 1. The average molecular weight is 393 g/mol. The van der Waals surface area contributed by atoms with Gasteiger partial charge in [-0.15, -0.1) is 16.9 Å². The van der Waals surface area contributed by atoms with Crippen molar-refractivity contribution in [2.24, 2.45) is 0 Å². The molecule has 2 aromatic rings. The number of piperazine rings is 1. The largest absolute Gasteiger partial charge is 0.339 e. The molecule has 0 saturated carbocycles. The van der Waals surface area contributed by atoms with Crippen molar-refractivity contribution in [3.05, 3.63) is 41.5 Å². The summed E-state index contributed by atoms with van der Waals surface area (Å²) >= 11 is 1.53. The van der Waals surface area contributed by atoms with Gasteiger partial charge in [0.15, 0.2) is 5.82 Å². The van der Waals surface area contributed by atoms with Crippen LogP contribution in [-0.2, 0) is 17.1 Å². The third kappa shape index (κ3) is 5.26. The summed E-state index contributed by atoms with van der Waals surface area (Å²) in [7, 11) is 0. The van der Waals surface area contributed by atoms with Crippen LogP contribution in [0, 0.1) is 5.82 Å². The van der Waals surface area contributed by atoms with Gasteiger partial charge in [-0.2, -0.15) is 0 Å². The van der Waals surface area contributed by atoms with E-state index in [2.05, 4.69) is 20.4 Å². The number of rotatable bonds is 7. The van der Waals surface area contributed by atoms with Crippen molar-refractivity contribution >= 4 is 17.7 Å². The van der Waals surface area contributed by atoms with Gasteiger partial charge < -0.3 is 4.90 Å². The number of amides is 1. The maximum absolute atomic E-state index is 13.8. The van der Waals surface area contributed by atoms with E-state index in [0.29, 0.717) is 36.7 Å². The Bertz CT molecular complexity index is 760. The standard InChI is InChI=1S/C18H25FN6OS/c1-14(2)25-17(20-21-22-25)12-27-13-18(26)24-9-7-23(8-10-24)11-15-5-3-4-6-16(15)19/h3-6,14H,7-13H2,1-2H3. The third-order valence-electron chi connectivity index (χ3n) is 4.58. The minimum absolute atomic E-state index is 0.133. The van der Waals surface area contributed by atoms with Crippen LogP contribution in [0.25, 0.3) is 0 Å². The van der Waals surface area contributed by atoms with Gasteiger partial charge in [0.25, 0.3) is 0 Å². The van der Waals surface area contributed by atoms with Crippen LogP contribution in [0.5, 0.6) is 0 Å². The molecular formula is C18H25FN6OS. The van der Waals surface area contributed by atoms with Gasteiger partial charge in [-0.1, -0.05) is 18.2 Å². The number of hydrogen-bond donors (Lipinski definition) is 0. The van der Waals surface area contributed by atoms with E-state index in [1.807, 2.05) is 30.9 Å². The molecule has 0 spiro atoms. The van der Waals surface area contributed by atoms with E-state index in [1.165, 1.54) is 17.8 Å². The number of thioether (sulfide) groups is 1. The Morgan fingerprint density at radius 1 is 1.22 bits per heavy atom. The maximum atomic E-state index is 13.8. The topological polar surface area (TPSA) is 67.2 Å². The SMILES string of the molecule is CC(C)n1nnnc1CSCC(=O)N1CCN(Cc2ccccc2F)CC1. The highest BCUT2D eigenvalue weighted by molar-refractivity contribution is 7.99. The molecule has 7 nitrogen and oxygen atoms in total. The summed E-state index contributed by atoms with van der Waals surface area (Å²) in [6.07, 6.45) is 0. The lowest BCUT2D eigenvalue weighted by Crippen LogP contribution is -2.48. The molecule has 0 bridgehead atoms. The number of carbonyl (C=O) groups excluding carboxylic acids is 1. The zero-order chi connectivity index (χ0) is 19.2. The molecule has 0 atom stereocenters. The maximum Gasteiger partial charge on any atom is 0.232 e. The van der Waals surface area contributed by atoms with Gasteiger partial charge in [0.1, 0.15) is 5.82 Å². The van der Waals surface area contributed by atoms with E-state index in [1.54, 1.807) is 10.7 Å². The summed E-state index contributed by atoms with van der Waals surface area (Å²) < 4.78 is 15.6. The first kappa shape index (κ1) is 19.8. The predicted molar refractivity (Wildman–Crippen MR) is 103 cm³/mol. The van der Waals surface area contributed by atoms with Crippen LogP contribution < -0.4 is 0 Å². The quantitative estimate of drug-likeness (QED) is 0.718. The minimum Gasteiger partial charge on any atom is -0.339 e. The monoisotopic (exact) mass is 392 g/mol. The Balaban J connectivity index is 1.41. The predicted octanol–water partition coefficient (Wildman–Crippen LogP) is 1.97. The normalized spacial score (nSPS) is 15.5. The lowest BCUT2D eigenvalue weighted by atomic mass is 10.2. The molecule has 0 aliphatic carbocycles. The summed E-state index contributed by atoms with van der Waals surface area (Å²) in [5, 5.41) is 11.7. The second kappa shape index (κ2) is 9.27. The van der Waals surface area contributed by atoms with Crippen molar-refractivity contribution in [3.8, 4) is 0 Å². The van der Waals surface area contributed by atoms with Crippen molar-refractivity contribution in [2.75, 3.05) is 31.9 Å². The van der Waals surface area contributed by atoms with E-state index < -0.39 is 0 Å². The number of nitrogens with zero attached hydrogens (tertiary/aromatic N) is 6. The Kier molecular flexibility index (Phi) is 6.78. The molecule has 0 radical (unpaired) electrons. The Hall–Kier alpha value is -2.00. The molecule has 1 aromatic carbocycles.